The maximum atomic E-state index is 13.1. The van der Waals surface area contributed by atoms with E-state index in [4.69, 9.17) is 0 Å². The van der Waals surface area contributed by atoms with Crippen molar-refractivity contribution in [2.75, 3.05) is 6.54 Å². The predicted molar refractivity (Wildman–Crippen MR) is 84.5 cm³/mol. The quantitative estimate of drug-likeness (QED) is 0.836. The van der Waals surface area contributed by atoms with Crippen LogP contribution in [0, 0.1) is 0 Å². The van der Waals surface area contributed by atoms with Gasteiger partial charge in [-0.15, -0.1) is 0 Å². The lowest BCUT2D eigenvalue weighted by Crippen LogP contribution is -2.40. The van der Waals surface area contributed by atoms with E-state index >= 15 is 0 Å². The summed E-state index contributed by atoms with van der Waals surface area (Å²) in [6.45, 7) is 3.94. The molecule has 2 aromatic rings. The zero-order chi connectivity index (χ0) is 17.9. The molecule has 0 bridgehead atoms. The zero-order valence-electron chi connectivity index (χ0n) is 13.8. The van der Waals surface area contributed by atoms with E-state index in [2.05, 4.69) is 4.98 Å². The minimum absolute atomic E-state index is 0.127. The largest absolute Gasteiger partial charge is 0.416 e. The number of aromatic nitrogens is 2. The van der Waals surface area contributed by atoms with Crippen molar-refractivity contribution >= 4 is 5.91 Å². The summed E-state index contributed by atoms with van der Waals surface area (Å²) >= 11 is 0. The lowest BCUT2D eigenvalue weighted by atomic mass is 9.99. The number of carbonyl (C=O) groups is 1. The summed E-state index contributed by atoms with van der Waals surface area (Å²) in [5.41, 5.74) is -0.182. The van der Waals surface area contributed by atoms with E-state index in [9.17, 15) is 18.0 Å². The van der Waals surface area contributed by atoms with Gasteiger partial charge in [-0.05, 0) is 31.9 Å². The maximum Gasteiger partial charge on any atom is 0.416 e. The highest BCUT2D eigenvalue weighted by molar-refractivity contribution is 5.92. The van der Waals surface area contributed by atoms with E-state index < -0.39 is 11.7 Å². The number of likely N-dealkylation sites (N-methyl/N-ethyl adjacent to an activating group) is 1. The molecule has 0 aliphatic carbocycles. The van der Waals surface area contributed by atoms with E-state index in [0.29, 0.717) is 6.54 Å². The molecule has 0 aliphatic rings. The van der Waals surface area contributed by atoms with Crippen molar-refractivity contribution in [2.45, 2.75) is 32.5 Å². The number of amides is 1. The van der Waals surface area contributed by atoms with Crippen LogP contribution in [0.2, 0.25) is 0 Å². The number of aryl methyl sites for hydroxylation is 1. The highest BCUT2D eigenvalue weighted by Crippen LogP contribution is 2.32. The fraction of sp³-hybridized carbons (Fsp3) is 0.412. The number of nitrogens with zero attached hydrogens (tertiary/aromatic N) is 3. The molecule has 1 aromatic heterocycles. The van der Waals surface area contributed by atoms with E-state index in [1.54, 1.807) is 37.7 Å². The normalized spacial score (nSPS) is 12.9. The van der Waals surface area contributed by atoms with E-state index in [1.807, 2.05) is 0 Å². The second kappa shape index (κ2) is 7.07. The molecule has 130 valence electrons. The number of imidazole rings is 1. The van der Waals surface area contributed by atoms with Crippen LogP contribution >= 0.6 is 0 Å². The SMILES string of the molecule is CCN(C(=O)c1cn(C)cn1)[C@H](C)Cc1ccccc1C(F)(F)F. The average Bonchev–Trinajstić information content (AvgIpc) is 2.94. The third-order valence-electron chi connectivity index (χ3n) is 3.90. The molecule has 7 heteroatoms. The van der Waals surface area contributed by atoms with Crippen LogP contribution in [-0.2, 0) is 19.6 Å². The summed E-state index contributed by atoms with van der Waals surface area (Å²) in [4.78, 5) is 18.1. The average molecular weight is 339 g/mol. The summed E-state index contributed by atoms with van der Waals surface area (Å²) in [6.07, 6.45) is -1.16. The van der Waals surface area contributed by atoms with E-state index in [1.165, 1.54) is 23.4 Å². The first-order valence-corrected chi connectivity index (χ1v) is 7.68. The molecule has 0 saturated carbocycles. The van der Waals surface area contributed by atoms with Gasteiger partial charge in [-0.3, -0.25) is 4.79 Å². The highest BCUT2D eigenvalue weighted by Gasteiger charge is 2.33. The van der Waals surface area contributed by atoms with Crippen LogP contribution in [-0.4, -0.2) is 32.9 Å². The van der Waals surface area contributed by atoms with Crippen LogP contribution in [0.1, 0.15) is 35.5 Å². The summed E-state index contributed by atoms with van der Waals surface area (Å²) in [5.74, 6) is -0.282. The Balaban J connectivity index is 2.21. The molecule has 0 radical (unpaired) electrons. The van der Waals surface area contributed by atoms with Gasteiger partial charge in [0.15, 0.2) is 0 Å². The molecule has 1 amide bonds. The Morgan fingerprint density at radius 2 is 2.00 bits per heavy atom. The van der Waals surface area contributed by atoms with E-state index in [0.717, 1.165) is 6.07 Å². The summed E-state index contributed by atoms with van der Waals surface area (Å²) in [7, 11) is 1.75. The number of benzene rings is 1. The van der Waals surface area contributed by atoms with Crippen molar-refractivity contribution in [3.8, 4) is 0 Å². The molecular formula is C17H20F3N3O. The molecule has 0 fully saturated rings. The van der Waals surface area contributed by atoms with Gasteiger partial charge in [0.25, 0.3) is 5.91 Å². The molecule has 24 heavy (non-hydrogen) atoms. The number of carbonyl (C=O) groups excluding carboxylic acids is 1. The molecule has 1 heterocycles. The van der Waals surface area contributed by atoms with Crippen LogP contribution in [0.5, 0.6) is 0 Å². The number of halogens is 3. The van der Waals surface area contributed by atoms with E-state index in [-0.39, 0.29) is 29.6 Å². The number of hydrogen-bond acceptors (Lipinski definition) is 2. The first-order chi connectivity index (χ1) is 11.2. The van der Waals surface area contributed by atoms with Crippen molar-refractivity contribution in [3.05, 3.63) is 53.6 Å². The molecule has 1 atom stereocenters. The minimum Gasteiger partial charge on any atom is -0.340 e. The van der Waals surface area contributed by atoms with Crippen LogP contribution < -0.4 is 0 Å². The number of alkyl halides is 3. The maximum absolute atomic E-state index is 13.1. The van der Waals surface area contributed by atoms with Gasteiger partial charge in [0, 0.05) is 25.8 Å². The van der Waals surface area contributed by atoms with Crippen molar-refractivity contribution in [1.29, 1.82) is 0 Å². The second-order valence-corrected chi connectivity index (χ2v) is 5.72. The predicted octanol–water partition coefficient (Wildman–Crippen LogP) is 3.53. The highest BCUT2D eigenvalue weighted by atomic mass is 19.4. The van der Waals surface area contributed by atoms with Gasteiger partial charge >= 0.3 is 6.18 Å². The Morgan fingerprint density at radius 1 is 1.33 bits per heavy atom. The molecule has 0 unspecified atom stereocenters. The minimum atomic E-state index is -4.40. The molecular weight excluding hydrogens is 319 g/mol. The van der Waals surface area contributed by atoms with Crippen LogP contribution in [0.15, 0.2) is 36.8 Å². The van der Waals surface area contributed by atoms with Gasteiger partial charge in [0.2, 0.25) is 0 Å². The fourth-order valence-electron chi connectivity index (χ4n) is 2.73. The van der Waals surface area contributed by atoms with Gasteiger partial charge in [-0.25, -0.2) is 4.98 Å². The van der Waals surface area contributed by atoms with Crippen LogP contribution in [0.25, 0.3) is 0 Å². The zero-order valence-corrected chi connectivity index (χ0v) is 13.8. The van der Waals surface area contributed by atoms with Crippen molar-refractivity contribution in [2.24, 2.45) is 7.05 Å². The Morgan fingerprint density at radius 3 is 2.54 bits per heavy atom. The van der Waals surface area contributed by atoms with Gasteiger partial charge in [0.05, 0.1) is 11.9 Å². The van der Waals surface area contributed by atoms with Crippen molar-refractivity contribution < 1.29 is 18.0 Å². The van der Waals surface area contributed by atoms with Gasteiger partial charge < -0.3 is 9.47 Å². The molecule has 4 nitrogen and oxygen atoms in total. The van der Waals surface area contributed by atoms with Gasteiger partial charge in [-0.1, -0.05) is 18.2 Å². The summed E-state index contributed by atoms with van der Waals surface area (Å²) in [5, 5.41) is 0. The van der Waals surface area contributed by atoms with Crippen molar-refractivity contribution in [1.82, 2.24) is 14.5 Å². The first kappa shape index (κ1) is 18.0. The molecule has 1 aromatic carbocycles. The smallest absolute Gasteiger partial charge is 0.340 e. The summed E-state index contributed by atoms with van der Waals surface area (Å²) < 4.78 is 41.0. The lowest BCUT2D eigenvalue weighted by Gasteiger charge is -2.28. The molecule has 0 aliphatic heterocycles. The topological polar surface area (TPSA) is 38.1 Å². The van der Waals surface area contributed by atoms with Crippen LogP contribution in [0.3, 0.4) is 0 Å². The fourth-order valence-corrected chi connectivity index (χ4v) is 2.73. The Bertz CT molecular complexity index is 709. The van der Waals surface area contributed by atoms with Crippen LogP contribution in [0.4, 0.5) is 13.2 Å². The Labute approximate surface area is 138 Å². The standard InChI is InChI=1S/C17H20F3N3O/c1-4-23(16(24)15-10-22(3)11-21-15)12(2)9-13-7-5-6-8-14(13)17(18,19)20/h5-8,10-12H,4,9H2,1-3H3/t12-/m1/s1. The Kier molecular flexibility index (Phi) is 5.31. The summed E-state index contributed by atoms with van der Waals surface area (Å²) in [6, 6.07) is 5.09. The number of rotatable bonds is 5. The van der Waals surface area contributed by atoms with Crippen molar-refractivity contribution in [3.63, 3.8) is 0 Å². The monoisotopic (exact) mass is 339 g/mol. The number of hydrogen-bond donors (Lipinski definition) is 0. The van der Waals surface area contributed by atoms with Gasteiger partial charge in [0.1, 0.15) is 5.69 Å². The molecule has 0 spiro atoms. The third-order valence-corrected chi connectivity index (χ3v) is 3.90. The molecule has 2 rings (SSSR count). The molecule has 0 saturated heterocycles. The lowest BCUT2D eigenvalue weighted by molar-refractivity contribution is -0.138. The second-order valence-electron chi connectivity index (χ2n) is 5.72. The first-order valence-electron chi connectivity index (χ1n) is 7.68. The molecule has 0 N–H and O–H groups in total. The Hall–Kier alpha value is -2.31. The third kappa shape index (κ3) is 3.96. The van der Waals surface area contributed by atoms with Gasteiger partial charge in [-0.2, -0.15) is 13.2 Å².